The molecule has 0 aliphatic carbocycles. The fourth-order valence-electron chi connectivity index (χ4n) is 5.75. The first-order valence-electron chi connectivity index (χ1n) is 13.7. The fourth-order valence-corrected chi connectivity index (χ4v) is 7.53. The van der Waals surface area contributed by atoms with Crippen LogP contribution in [0.4, 0.5) is 5.82 Å². The second-order valence-electron chi connectivity index (χ2n) is 10.8. The zero-order valence-electron chi connectivity index (χ0n) is 23.3. The Bertz CT molecular complexity index is 1500. The number of nitrogens with two attached hydrogens (primary N) is 1. The van der Waals surface area contributed by atoms with Crippen LogP contribution in [0, 0.1) is 19.3 Å². The first kappa shape index (κ1) is 28.1. The third kappa shape index (κ3) is 5.43. The molecule has 214 valence electrons. The van der Waals surface area contributed by atoms with Crippen molar-refractivity contribution in [2.24, 2.45) is 5.73 Å². The van der Waals surface area contributed by atoms with Gasteiger partial charge in [-0.25, -0.2) is 0 Å². The second-order valence-corrected chi connectivity index (χ2v) is 12.7. The number of nitrogens with one attached hydrogen (secondary N) is 1. The molecule has 5 rings (SSSR count). The fraction of sp³-hybridized carbons (Fsp3) is 0.464. The Hall–Kier alpha value is -3.48. The maximum Gasteiger partial charge on any atom is 0.283 e. The van der Waals surface area contributed by atoms with E-state index in [1.165, 1.54) is 10.9 Å². The SMILES string of the molecule is Cc1cc(C(=O)n2nc(C3CCCN(S(=O)(=O)N4CCCC4)C3)c(C)c2N(C)Cc2ccc(C(=N)N)cc2)co1. The van der Waals surface area contributed by atoms with E-state index in [2.05, 4.69) is 0 Å². The van der Waals surface area contributed by atoms with Crippen LogP contribution in [0.1, 0.15) is 70.1 Å². The minimum Gasteiger partial charge on any atom is -0.469 e. The van der Waals surface area contributed by atoms with Crippen molar-refractivity contribution in [1.82, 2.24) is 18.4 Å². The molecule has 11 nitrogen and oxygen atoms in total. The Morgan fingerprint density at radius 3 is 2.40 bits per heavy atom. The van der Waals surface area contributed by atoms with Gasteiger partial charge in [0.05, 0.1) is 11.3 Å². The zero-order chi connectivity index (χ0) is 28.6. The van der Waals surface area contributed by atoms with Crippen molar-refractivity contribution < 1.29 is 17.6 Å². The Morgan fingerprint density at radius 1 is 1.10 bits per heavy atom. The molecular formula is C28H37N7O4S. The molecule has 2 saturated heterocycles. The lowest BCUT2D eigenvalue weighted by Crippen LogP contribution is -2.46. The molecule has 3 N–H and O–H groups in total. The van der Waals surface area contributed by atoms with E-state index in [0.717, 1.165) is 42.5 Å². The number of amidine groups is 1. The summed E-state index contributed by atoms with van der Waals surface area (Å²) in [6, 6.07) is 9.12. The van der Waals surface area contributed by atoms with Crippen LogP contribution < -0.4 is 10.6 Å². The molecule has 0 amide bonds. The number of carbonyl (C=O) groups excluding carboxylic acids is 1. The van der Waals surface area contributed by atoms with E-state index in [1.54, 1.807) is 33.7 Å². The molecule has 1 unspecified atom stereocenters. The molecule has 2 fully saturated rings. The van der Waals surface area contributed by atoms with Crippen LogP contribution in [-0.2, 0) is 16.8 Å². The van der Waals surface area contributed by atoms with Crippen LogP contribution in [-0.4, -0.2) is 71.8 Å². The number of rotatable bonds is 8. The van der Waals surface area contributed by atoms with Gasteiger partial charge in [-0.2, -0.15) is 26.8 Å². The predicted octanol–water partition coefficient (Wildman–Crippen LogP) is 3.22. The number of hydrogen-bond donors (Lipinski definition) is 2. The summed E-state index contributed by atoms with van der Waals surface area (Å²) < 4.78 is 36.7. The number of benzene rings is 1. The van der Waals surface area contributed by atoms with E-state index in [-0.39, 0.29) is 17.7 Å². The number of aryl methyl sites for hydroxylation is 1. The number of anilines is 1. The highest BCUT2D eigenvalue weighted by molar-refractivity contribution is 7.86. The minimum absolute atomic E-state index is 0.00717. The molecule has 40 heavy (non-hydrogen) atoms. The summed E-state index contributed by atoms with van der Waals surface area (Å²) in [4.78, 5) is 15.6. The van der Waals surface area contributed by atoms with Crippen molar-refractivity contribution in [2.75, 3.05) is 38.1 Å². The number of piperidine rings is 1. The lowest BCUT2D eigenvalue weighted by molar-refractivity contribution is 0.0945. The van der Waals surface area contributed by atoms with Gasteiger partial charge < -0.3 is 15.1 Å². The van der Waals surface area contributed by atoms with Gasteiger partial charge in [-0.05, 0) is 51.2 Å². The zero-order valence-corrected chi connectivity index (χ0v) is 24.1. The molecule has 2 aliphatic rings. The summed E-state index contributed by atoms with van der Waals surface area (Å²) in [6.45, 7) is 6.19. The average molecular weight is 568 g/mol. The second kappa shape index (κ2) is 11.2. The summed E-state index contributed by atoms with van der Waals surface area (Å²) >= 11 is 0. The highest BCUT2D eigenvalue weighted by Crippen LogP contribution is 2.35. The van der Waals surface area contributed by atoms with Gasteiger partial charge in [0.2, 0.25) is 0 Å². The quantitative estimate of drug-likeness (QED) is 0.314. The van der Waals surface area contributed by atoms with E-state index in [0.29, 0.717) is 55.4 Å². The van der Waals surface area contributed by atoms with Gasteiger partial charge in [0.1, 0.15) is 23.7 Å². The molecule has 0 saturated carbocycles. The maximum atomic E-state index is 13.7. The van der Waals surface area contributed by atoms with E-state index in [1.807, 2.05) is 31.0 Å². The van der Waals surface area contributed by atoms with Gasteiger partial charge >= 0.3 is 0 Å². The Morgan fingerprint density at radius 2 is 1.77 bits per heavy atom. The van der Waals surface area contributed by atoms with Crippen LogP contribution in [0.5, 0.6) is 0 Å². The van der Waals surface area contributed by atoms with Crippen molar-refractivity contribution in [3.63, 3.8) is 0 Å². The van der Waals surface area contributed by atoms with Crippen LogP contribution in [0.25, 0.3) is 0 Å². The molecule has 0 radical (unpaired) electrons. The molecule has 0 spiro atoms. The Kier molecular flexibility index (Phi) is 7.85. The smallest absolute Gasteiger partial charge is 0.283 e. The molecule has 3 aromatic rings. The number of carbonyl (C=O) groups is 1. The van der Waals surface area contributed by atoms with E-state index < -0.39 is 10.2 Å². The lowest BCUT2D eigenvalue weighted by Gasteiger charge is -2.34. The van der Waals surface area contributed by atoms with Crippen LogP contribution >= 0.6 is 0 Å². The average Bonchev–Trinajstić information content (AvgIpc) is 3.69. The number of hydrogen-bond acceptors (Lipinski definition) is 7. The minimum atomic E-state index is -3.52. The molecule has 12 heteroatoms. The number of nitrogens with zero attached hydrogens (tertiary/aromatic N) is 5. The normalized spacial score (nSPS) is 18.7. The van der Waals surface area contributed by atoms with E-state index in [4.69, 9.17) is 20.7 Å². The van der Waals surface area contributed by atoms with Gasteiger partial charge in [-0.15, -0.1) is 0 Å². The summed E-state index contributed by atoms with van der Waals surface area (Å²) in [5, 5.41) is 12.5. The summed E-state index contributed by atoms with van der Waals surface area (Å²) in [6.07, 6.45) is 4.74. The van der Waals surface area contributed by atoms with Crippen LogP contribution in [0.15, 0.2) is 41.0 Å². The standard InChI is InChI=1S/C28H37N7O4S/c1-19-15-24(18-39-19)28(36)35-27(32(3)16-21-8-10-22(11-9-21)26(29)30)20(2)25(31-35)23-7-6-14-34(17-23)40(37,38)33-12-4-5-13-33/h8-11,15,18,23H,4-7,12-14,16-17H2,1-3H3,(H3,29,30). The Labute approximate surface area is 235 Å². The maximum absolute atomic E-state index is 13.7. The van der Waals surface area contributed by atoms with Gasteiger partial charge in [0, 0.05) is 56.8 Å². The Balaban J connectivity index is 1.48. The molecular weight excluding hydrogens is 530 g/mol. The van der Waals surface area contributed by atoms with Crippen molar-refractivity contribution >= 4 is 27.8 Å². The van der Waals surface area contributed by atoms with Crippen molar-refractivity contribution in [3.05, 3.63) is 70.3 Å². The van der Waals surface area contributed by atoms with Gasteiger partial charge in [0.15, 0.2) is 0 Å². The van der Waals surface area contributed by atoms with Gasteiger partial charge in [0.25, 0.3) is 16.1 Å². The summed E-state index contributed by atoms with van der Waals surface area (Å²) in [5.74, 6) is 0.843. The number of furan rings is 1. The molecule has 4 heterocycles. The molecule has 2 aliphatic heterocycles. The third-order valence-corrected chi connectivity index (χ3v) is 9.83. The van der Waals surface area contributed by atoms with Crippen LogP contribution in [0.2, 0.25) is 0 Å². The summed E-state index contributed by atoms with van der Waals surface area (Å²) in [5.41, 5.74) is 9.21. The lowest BCUT2D eigenvalue weighted by atomic mass is 9.94. The predicted molar refractivity (Wildman–Crippen MR) is 153 cm³/mol. The van der Waals surface area contributed by atoms with Gasteiger partial charge in [-0.1, -0.05) is 24.3 Å². The highest BCUT2D eigenvalue weighted by Gasteiger charge is 2.37. The molecule has 1 aromatic carbocycles. The van der Waals surface area contributed by atoms with Crippen molar-refractivity contribution in [2.45, 2.75) is 52.0 Å². The van der Waals surface area contributed by atoms with Crippen LogP contribution in [0.3, 0.4) is 0 Å². The number of aromatic nitrogens is 2. The molecule has 2 aromatic heterocycles. The number of nitrogen functional groups attached to an aromatic ring is 1. The largest absolute Gasteiger partial charge is 0.469 e. The van der Waals surface area contributed by atoms with Crippen molar-refractivity contribution in [3.8, 4) is 0 Å². The summed E-state index contributed by atoms with van der Waals surface area (Å²) in [7, 11) is -1.62. The molecule has 0 bridgehead atoms. The first-order valence-corrected chi connectivity index (χ1v) is 15.0. The van der Waals surface area contributed by atoms with Crippen molar-refractivity contribution in [1.29, 1.82) is 5.41 Å². The van der Waals surface area contributed by atoms with E-state index >= 15 is 0 Å². The van der Waals surface area contributed by atoms with E-state index in [9.17, 15) is 13.2 Å². The topological polar surface area (TPSA) is 142 Å². The highest BCUT2D eigenvalue weighted by atomic mass is 32.2. The third-order valence-electron chi connectivity index (χ3n) is 7.83. The first-order chi connectivity index (χ1) is 19.1. The monoisotopic (exact) mass is 567 g/mol. The molecule has 1 atom stereocenters. The van der Waals surface area contributed by atoms with Gasteiger partial charge in [-0.3, -0.25) is 10.2 Å².